The first kappa shape index (κ1) is 17.4. The third kappa shape index (κ3) is 4.27. The number of aliphatic hydroxyl groups excluding tert-OH is 1. The molecular weight excluding hydrogens is 424 g/mol. The fraction of sp³-hybridized carbons (Fsp3) is 0.538. The molecule has 0 amide bonds. The molecule has 1 fully saturated rings. The lowest BCUT2D eigenvalue weighted by Crippen LogP contribution is -2.36. The van der Waals surface area contributed by atoms with Gasteiger partial charge in [-0.25, -0.2) is 8.42 Å². The average molecular weight is 442 g/mol. The van der Waals surface area contributed by atoms with Gasteiger partial charge in [0, 0.05) is 35.1 Å². The molecule has 1 N–H and O–H groups in total. The van der Waals surface area contributed by atoms with Gasteiger partial charge in [-0.3, -0.25) is 4.90 Å². The lowest BCUT2D eigenvalue weighted by atomic mass is 10.4. The first-order valence-corrected chi connectivity index (χ1v) is 9.76. The second-order valence-electron chi connectivity index (χ2n) is 4.90. The molecule has 0 aromatic heterocycles. The van der Waals surface area contributed by atoms with Gasteiger partial charge < -0.3 is 5.11 Å². The van der Waals surface area contributed by atoms with Crippen LogP contribution in [0.3, 0.4) is 0 Å². The molecule has 1 heterocycles. The Labute approximate surface area is 142 Å². The Morgan fingerprint density at radius 1 is 1.14 bits per heavy atom. The number of sulfonamides is 1. The van der Waals surface area contributed by atoms with Crippen molar-refractivity contribution in [2.45, 2.75) is 11.3 Å². The summed E-state index contributed by atoms with van der Waals surface area (Å²) in [5.41, 5.74) is 0. The zero-order valence-corrected chi connectivity index (χ0v) is 15.5. The van der Waals surface area contributed by atoms with Gasteiger partial charge in [0.1, 0.15) is 0 Å². The molecule has 8 heteroatoms. The average Bonchev–Trinajstić information content (AvgIpc) is 2.68. The van der Waals surface area contributed by atoms with E-state index in [1.54, 1.807) is 18.2 Å². The van der Waals surface area contributed by atoms with Crippen LogP contribution in [0.15, 0.2) is 32.0 Å². The van der Waals surface area contributed by atoms with E-state index < -0.39 is 10.0 Å². The van der Waals surface area contributed by atoms with E-state index >= 15 is 0 Å². The topological polar surface area (TPSA) is 60.9 Å². The molecule has 21 heavy (non-hydrogen) atoms. The molecule has 0 atom stereocenters. The molecule has 118 valence electrons. The molecule has 1 aliphatic rings. The second kappa shape index (κ2) is 7.52. The summed E-state index contributed by atoms with van der Waals surface area (Å²) in [6, 6.07) is 5.15. The normalized spacial score (nSPS) is 18.6. The molecule has 0 unspecified atom stereocenters. The minimum absolute atomic E-state index is 0.101. The molecule has 0 bridgehead atoms. The summed E-state index contributed by atoms with van der Waals surface area (Å²) in [7, 11) is -3.51. The summed E-state index contributed by atoms with van der Waals surface area (Å²) < 4.78 is 28.4. The van der Waals surface area contributed by atoms with Gasteiger partial charge in [-0.05, 0) is 47.1 Å². The smallest absolute Gasteiger partial charge is 0.244 e. The van der Waals surface area contributed by atoms with Crippen LogP contribution in [0.5, 0.6) is 0 Å². The van der Waals surface area contributed by atoms with Gasteiger partial charge in [0.15, 0.2) is 0 Å². The number of halogens is 2. The van der Waals surface area contributed by atoms with E-state index in [0.29, 0.717) is 30.7 Å². The van der Waals surface area contributed by atoms with Crippen LogP contribution in [0.4, 0.5) is 0 Å². The van der Waals surface area contributed by atoms with Crippen LogP contribution in [0.1, 0.15) is 6.42 Å². The molecule has 0 spiro atoms. The fourth-order valence-electron chi connectivity index (χ4n) is 2.37. The third-order valence-corrected chi connectivity index (χ3v) is 6.86. The minimum atomic E-state index is -3.51. The zero-order valence-electron chi connectivity index (χ0n) is 11.5. The summed E-state index contributed by atoms with van der Waals surface area (Å²) in [6.45, 7) is 3.10. The van der Waals surface area contributed by atoms with E-state index in [0.717, 1.165) is 17.4 Å². The van der Waals surface area contributed by atoms with Crippen molar-refractivity contribution in [2.75, 3.05) is 39.3 Å². The van der Waals surface area contributed by atoms with Crippen molar-refractivity contribution in [3.63, 3.8) is 0 Å². The van der Waals surface area contributed by atoms with Crippen molar-refractivity contribution in [3.05, 3.63) is 27.1 Å². The van der Waals surface area contributed by atoms with Gasteiger partial charge in [-0.1, -0.05) is 15.9 Å². The van der Waals surface area contributed by atoms with Gasteiger partial charge in [0.05, 0.1) is 11.5 Å². The maximum atomic E-state index is 12.8. The summed E-state index contributed by atoms with van der Waals surface area (Å²) in [4.78, 5) is 2.37. The summed E-state index contributed by atoms with van der Waals surface area (Å²) in [6.07, 6.45) is 0.769. The summed E-state index contributed by atoms with van der Waals surface area (Å²) >= 11 is 6.64. The van der Waals surface area contributed by atoms with E-state index in [1.807, 2.05) is 0 Å². The number of hydrogen-bond donors (Lipinski definition) is 1. The summed E-state index contributed by atoms with van der Waals surface area (Å²) in [5.74, 6) is 0. The molecule has 2 rings (SSSR count). The van der Waals surface area contributed by atoms with Crippen molar-refractivity contribution >= 4 is 41.9 Å². The van der Waals surface area contributed by atoms with Crippen LogP contribution >= 0.6 is 31.9 Å². The number of hydrogen-bond acceptors (Lipinski definition) is 4. The highest BCUT2D eigenvalue weighted by Crippen LogP contribution is 2.28. The Hall–Kier alpha value is 0.01000. The molecule has 0 radical (unpaired) electrons. The van der Waals surface area contributed by atoms with Crippen molar-refractivity contribution in [2.24, 2.45) is 0 Å². The van der Waals surface area contributed by atoms with Crippen molar-refractivity contribution < 1.29 is 13.5 Å². The Morgan fingerprint density at radius 3 is 2.62 bits per heavy atom. The van der Waals surface area contributed by atoms with Crippen LogP contribution in [0.2, 0.25) is 0 Å². The van der Waals surface area contributed by atoms with E-state index in [4.69, 9.17) is 5.11 Å². The molecule has 5 nitrogen and oxygen atoms in total. The van der Waals surface area contributed by atoms with Crippen LogP contribution in [-0.2, 0) is 10.0 Å². The minimum Gasteiger partial charge on any atom is -0.395 e. The van der Waals surface area contributed by atoms with Gasteiger partial charge in [-0.2, -0.15) is 4.31 Å². The maximum absolute atomic E-state index is 12.8. The predicted molar refractivity (Wildman–Crippen MR) is 88.7 cm³/mol. The quantitative estimate of drug-likeness (QED) is 0.775. The molecule has 0 saturated carbocycles. The second-order valence-corrected chi connectivity index (χ2v) is 8.57. The van der Waals surface area contributed by atoms with Gasteiger partial charge in [-0.15, -0.1) is 0 Å². The summed E-state index contributed by atoms with van der Waals surface area (Å²) in [5, 5.41) is 9.00. The van der Waals surface area contributed by atoms with E-state index in [9.17, 15) is 8.42 Å². The lowest BCUT2D eigenvalue weighted by molar-refractivity contribution is 0.202. The monoisotopic (exact) mass is 440 g/mol. The lowest BCUT2D eigenvalue weighted by Gasteiger charge is -2.21. The maximum Gasteiger partial charge on any atom is 0.244 e. The predicted octanol–water partition coefficient (Wildman–Crippen LogP) is 1.90. The Kier molecular flexibility index (Phi) is 6.22. The highest BCUT2D eigenvalue weighted by Gasteiger charge is 2.28. The standard InChI is InChI=1S/C13H18Br2N2O3S/c14-11-2-3-12(15)13(10-11)21(19,20)17-5-1-4-16(6-7-17)8-9-18/h2-3,10,18H,1,4-9H2. The number of nitrogens with zero attached hydrogens (tertiary/aromatic N) is 2. The van der Waals surface area contributed by atoms with Crippen molar-refractivity contribution in [1.29, 1.82) is 0 Å². The van der Waals surface area contributed by atoms with E-state index in [-0.39, 0.29) is 11.5 Å². The van der Waals surface area contributed by atoms with Crippen LogP contribution in [0.25, 0.3) is 0 Å². The van der Waals surface area contributed by atoms with Gasteiger partial charge in [0.2, 0.25) is 10.0 Å². The Morgan fingerprint density at radius 2 is 1.90 bits per heavy atom. The first-order chi connectivity index (χ1) is 9.95. The number of β-amino-alcohol motifs (C(OH)–C–C–N with tert-alkyl or cyclic N) is 1. The highest BCUT2D eigenvalue weighted by atomic mass is 79.9. The van der Waals surface area contributed by atoms with Crippen molar-refractivity contribution in [1.82, 2.24) is 9.21 Å². The number of rotatable bonds is 4. The zero-order chi connectivity index (χ0) is 15.5. The van der Waals surface area contributed by atoms with E-state index in [2.05, 4.69) is 36.8 Å². The molecule has 0 aliphatic carbocycles. The van der Waals surface area contributed by atoms with Crippen LogP contribution in [0, 0.1) is 0 Å². The fourth-order valence-corrected chi connectivity index (χ4v) is 5.30. The van der Waals surface area contributed by atoms with E-state index in [1.165, 1.54) is 4.31 Å². The molecular formula is C13H18Br2N2O3S. The van der Waals surface area contributed by atoms with Gasteiger partial charge >= 0.3 is 0 Å². The Bertz CT molecular complexity index is 595. The number of aliphatic hydroxyl groups is 1. The highest BCUT2D eigenvalue weighted by molar-refractivity contribution is 9.11. The SMILES string of the molecule is O=S(=O)(c1cc(Br)ccc1Br)N1CCCN(CCO)CC1. The van der Waals surface area contributed by atoms with Crippen LogP contribution in [-0.4, -0.2) is 62.1 Å². The molecule has 1 aliphatic heterocycles. The van der Waals surface area contributed by atoms with Crippen LogP contribution < -0.4 is 0 Å². The largest absolute Gasteiger partial charge is 0.395 e. The van der Waals surface area contributed by atoms with Crippen molar-refractivity contribution in [3.8, 4) is 0 Å². The third-order valence-electron chi connectivity index (χ3n) is 3.47. The first-order valence-electron chi connectivity index (χ1n) is 6.73. The van der Waals surface area contributed by atoms with Gasteiger partial charge in [0.25, 0.3) is 0 Å². The molecule has 1 saturated heterocycles. The Balaban J connectivity index is 2.21. The molecule has 1 aromatic carbocycles. The number of benzene rings is 1. The molecule has 1 aromatic rings.